The van der Waals surface area contributed by atoms with Gasteiger partial charge in [-0.05, 0) is 27.7 Å². The largest absolute Gasteiger partial charge is 0.867 e. The van der Waals surface area contributed by atoms with Gasteiger partial charge in [0, 0.05) is 0 Å². The summed E-state index contributed by atoms with van der Waals surface area (Å²) in [4.78, 5) is 0. The second-order valence-corrected chi connectivity index (χ2v) is 5.41. The van der Waals surface area contributed by atoms with Gasteiger partial charge < -0.3 is 23.3 Å². The highest BCUT2D eigenvalue weighted by Gasteiger charge is 2.05. The molecule has 0 unspecified atom stereocenters. The monoisotopic (exact) mass is 266 g/mol. The van der Waals surface area contributed by atoms with Gasteiger partial charge in [-0.2, -0.15) is 0 Å². The van der Waals surface area contributed by atoms with E-state index in [1.807, 2.05) is 0 Å². The van der Waals surface area contributed by atoms with Crippen LogP contribution in [0.15, 0.2) is 0 Å². The van der Waals surface area contributed by atoms with Crippen molar-refractivity contribution in [1.29, 1.82) is 0 Å². The lowest BCUT2D eigenvalue weighted by Crippen LogP contribution is -2.39. The van der Waals surface area contributed by atoms with Crippen molar-refractivity contribution in [1.82, 2.24) is 0 Å². The standard InChI is InChI=1S/2C6H16N.BFO2/c2*1-5-7(3,4)6-2;2-1(3)4/h2*5-6H2,1-4H3;/q2*+1;-2. The van der Waals surface area contributed by atoms with E-state index < -0.39 is 7.40 Å². The third-order valence-electron chi connectivity index (χ3n) is 3.42. The molecular formula is C12H32BFN2O2. The average Bonchev–Trinajstić information content (AvgIpc) is 2.29. The number of quaternary nitrogens is 2. The van der Waals surface area contributed by atoms with Crippen LogP contribution < -0.4 is 10.0 Å². The molecule has 0 aromatic rings. The van der Waals surface area contributed by atoms with Crippen LogP contribution in [0.2, 0.25) is 0 Å². The van der Waals surface area contributed by atoms with E-state index in [1.165, 1.54) is 26.2 Å². The zero-order valence-electron chi connectivity index (χ0n) is 13.5. The quantitative estimate of drug-likeness (QED) is 0.525. The Balaban J connectivity index is -0.000000196. The summed E-state index contributed by atoms with van der Waals surface area (Å²) >= 11 is 0. The van der Waals surface area contributed by atoms with E-state index >= 15 is 0 Å². The van der Waals surface area contributed by atoms with Crippen molar-refractivity contribution in [3.8, 4) is 0 Å². The first-order valence-corrected chi connectivity index (χ1v) is 6.57. The van der Waals surface area contributed by atoms with Gasteiger partial charge in [0.25, 0.3) is 0 Å². The van der Waals surface area contributed by atoms with Crippen molar-refractivity contribution in [2.75, 3.05) is 54.4 Å². The molecule has 0 atom stereocenters. The maximum atomic E-state index is 9.89. The molecule has 0 heterocycles. The van der Waals surface area contributed by atoms with Gasteiger partial charge in [0.2, 0.25) is 0 Å². The Kier molecular flexibility index (Phi) is 15.2. The first-order valence-electron chi connectivity index (χ1n) is 6.57. The van der Waals surface area contributed by atoms with Crippen molar-refractivity contribution >= 4 is 7.40 Å². The summed E-state index contributed by atoms with van der Waals surface area (Å²) in [6.45, 7) is 13.8. The van der Waals surface area contributed by atoms with Gasteiger partial charge in [-0.3, -0.25) is 0 Å². The van der Waals surface area contributed by atoms with Crippen molar-refractivity contribution in [2.24, 2.45) is 0 Å². The topological polar surface area (TPSA) is 46.1 Å². The Labute approximate surface area is 113 Å². The molecule has 0 spiro atoms. The van der Waals surface area contributed by atoms with Crippen LogP contribution in [0.5, 0.6) is 0 Å². The molecule has 0 N–H and O–H groups in total. The Bertz CT molecular complexity index is 149. The summed E-state index contributed by atoms with van der Waals surface area (Å²) in [7, 11) is 5.78. The predicted octanol–water partition coefficient (Wildman–Crippen LogP) is -0.133. The molecule has 0 rings (SSSR count). The lowest BCUT2D eigenvalue weighted by Gasteiger charge is -2.25. The highest BCUT2D eigenvalue weighted by atomic mass is 19.1. The van der Waals surface area contributed by atoms with Gasteiger partial charge in [-0.15, -0.1) is 0 Å². The molecule has 0 radical (unpaired) electrons. The van der Waals surface area contributed by atoms with Crippen molar-refractivity contribution in [3.63, 3.8) is 0 Å². The van der Waals surface area contributed by atoms with Gasteiger partial charge in [0.05, 0.1) is 54.4 Å². The summed E-state index contributed by atoms with van der Waals surface area (Å²) in [6.07, 6.45) is 0. The lowest BCUT2D eigenvalue weighted by molar-refractivity contribution is -0.886. The van der Waals surface area contributed by atoms with Crippen LogP contribution in [-0.4, -0.2) is 70.7 Å². The van der Waals surface area contributed by atoms with Crippen LogP contribution in [0, 0.1) is 0 Å². The maximum absolute atomic E-state index is 9.89. The molecule has 4 nitrogen and oxygen atoms in total. The molecule has 0 saturated carbocycles. The van der Waals surface area contributed by atoms with Crippen LogP contribution in [0.1, 0.15) is 27.7 Å². The van der Waals surface area contributed by atoms with Crippen molar-refractivity contribution in [3.05, 3.63) is 0 Å². The van der Waals surface area contributed by atoms with E-state index in [0.29, 0.717) is 0 Å². The van der Waals surface area contributed by atoms with E-state index in [0.717, 1.165) is 8.97 Å². The smallest absolute Gasteiger partial charge is 0.121 e. The van der Waals surface area contributed by atoms with E-state index in [-0.39, 0.29) is 0 Å². The Morgan fingerprint density at radius 2 is 0.833 bits per heavy atom. The van der Waals surface area contributed by atoms with Gasteiger partial charge in [-0.25, -0.2) is 0 Å². The fourth-order valence-electron chi connectivity index (χ4n) is 0.447. The molecule has 0 aliphatic carbocycles. The maximum Gasteiger partial charge on any atom is 0.121 e. The molecule has 0 bridgehead atoms. The molecule has 0 aromatic carbocycles. The van der Waals surface area contributed by atoms with Crippen LogP contribution in [0.25, 0.3) is 0 Å². The number of nitrogens with zero attached hydrogens (tertiary/aromatic N) is 2. The highest BCUT2D eigenvalue weighted by molar-refractivity contribution is 6.27. The summed E-state index contributed by atoms with van der Waals surface area (Å²) in [6, 6.07) is 0. The molecule has 0 amide bonds. The predicted molar refractivity (Wildman–Crippen MR) is 73.2 cm³/mol. The van der Waals surface area contributed by atoms with Crippen LogP contribution >= 0.6 is 0 Å². The molecule has 0 fully saturated rings. The van der Waals surface area contributed by atoms with Crippen molar-refractivity contribution in [2.45, 2.75) is 27.7 Å². The minimum Gasteiger partial charge on any atom is -0.867 e. The summed E-state index contributed by atoms with van der Waals surface area (Å²) in [5.74, 6) is 0. The van der Waals surface area contributed by atoms with Gasteiger partial charge in [0.15, 0.2) is 0 Å². The lowest BCUT2D eigenvalue weighted by atomic mass is 10.3. The van der Waals surface area contributed by atoms with E-state index in [1.54, 1.807) is 0 Å². The van der Waals surface area contributed by atoms with Gasteiger partial charge in [0.1, 0.15) is 7.40 Å². The number of hydrogen-bond donors (Lipinski definition) is 0. The minimum atomic E-state index is -3.17. The van der Waals surface area contributed by atoms with Crippen molar-refractivity contribution < 1.29 is 23.3 Å². The van der Waals surface area contributed by atoms with Gasteiger partial charge in [-0.1, -0.05) is 0 Å². The molecule has 0 aliphatic rings. The zero-order valence-corrected chi connectivity index (χ0v) is 13.5. The Morgan fingerprint density at radius 3 is 0.833 bits per heavy atom. The second-order valence-electron chi connectivity index (χ2n) is 5.41. The number of hydrogen-bond acceptors (Lipinski definition) is 2. The molecule has 112 valence electrons. The molecular weight excluding hydrogens is 234 g/mol. The third-order valence-corrected chi connectivity index (χ3v) is 3.42. The van der Waals surface area contributed by atoms with E-state index in [4.69, 9.17) is 10.0 Å². The normalized spacial score (nSPS) is 10.8. The number of rotatable bonds is 4. The fourth-order valence-corrected chi connectivity index (χ4v) is 0.447. The third kappa shape index (κ3) is 24.9. The van der Waals surface area contributed by atoms with E-state index in [9.17, 15) is 4.32 Å². The molecule has 0 aromatic heterocycles. The molecule has 0 aliphatic heterocycles. The summed E-state index contributed by atoms with van der Waals surface area (Å²) < 4.78 is 12.2. The fraction of sp³-hybridized carbons (Fsp3) is 1.00. The first kappa shape index (κ1) is 23.0. The highest BCUT2D eigenvalue weighted by Crippen LogP contribution is 1.92. The zero-order chi connectivity index (χ0) is 15.4. The van der Waals surface area contributed by atoms with Crippen LogP contribution in [-0.2, 0) is 0 Å². The second kappa shape index (κ2) is 11.9. The van der Waals surface area contributed by atoms with Crippen LogP contribution in [0.3, 0.4) is 0 Å². The average molecular weight is 266 g/mol. The minimum absolute atomic E-state index is 1.14. The molecule has 18 heavy (non-hydrogen) atoms. The van der Waals surface area contributed by atoms with E-state index in [2.05, 4.69) is 55.9 Å². The van der Waals surface area contributed by atoms with Gasteiger partial charge >= 0.3 is 0 Å². The SMILES string of the molecule is CC[N+](C)(C)CC.CC[N+](C)(C)CC.[O-]B([O-])F. The molecule has 6 heteroatoms. The van der Waals surface area contributed by atoms with Crippen LogP contribution in [0.4, 0.5) is 4.32 Å². The summed E-state index contributed by atoms with van der Waals surface area (Å²) in [5.41, 5.74) is 0. The Morgan fingerprint density at radius 1 is 0.722 bits per heavy atom. The number of halogens is 1. The Hall–Kier alpha value is -0.165. The first-order chi connectivity index (χ1) is 7.97. The molecule has 0 saturated heterocycles. The summed E-state index contributed by atoms with van der Waals surface area (Å²) in [5, 5.41) is 16.6.